The van der Waals surface area contributed by atoms with Crippen molar-refractivity contribution in [2.45, 2.75) is 23.5 Å². The summed E-state index contributed by atoms with van der Waals surface area (Å²) in [6, 6.07) is 5.55. The highest BCUT2D eigenvalue weighted by Gasteiger charge is 2.30. The zero-order chi connectivity index (χ0) is 16.7. The van der Waals surface area contributed by atoms with E-state index in [1.807, 2.05) is 0 Å². The largest absolute Gasteiger partial charge is 0.352 e. The average Bonchev–Trinajstić information content (AvgIpc) is 3.23. The maximum absolute atomic E-state index is 12.7. The molecule has 3 heterocycles. The van der Waals surface area contributed by atoms with E-state index >= 15 is 0 Å². The summed E-state index contributed by atoms with van der Waals surface area (Å²) in [7, 11) is -3.40. The summed E-state index contributed by atoms with van der Waals surface area (Å²) in [4.78, 5) is 2.13. The maximum Gasteiger partial charge on any atom is 0.252 e. The molecule has 9 heteroatoms. The van der Waals surface area contributed by atoms with Crippen LogP contribution in [0, 0.1) is 0 Å². The van der Waals surface area contributed by atoms with Crippen molar-refractivity contribution < 1.29 is 8.42 Å². The highest BCUT2D eigenvalue weighted by molar-refractivity contribution is 9.11. The minimum Gasteiger partial charge on any atom is -0.352 e. The van der Waals surface area contributed by atoms with Crippen LogP contribution in [0.5, 0.6) is 0 Å². The zero-order valence-corrected chi connectivity index (χ0v) is 16.2. The Balaban J connectivity index is 1.47. The van der Waals surface area contributed by atoms with Gasteiger partial charge in [0.2, 0.25) is 0 Å². The van der Waals surface area contributed by atoms with Gasteiger partial charge in [-0.3, -0.25) is 0 Å². The normalized spacial score (nSPS) is 18.8. The van der Waals surface area contributed by atoms with Gasteiger partial charge in [-0.05, 0) is 59.0 Å². The fourth-order valence-corrected chi connectivity index (χ4v) is 6.78. The maximum atomic E-state index is 12.7. The molecule has 0 saturated carbocycles. The van der Waals surface area contributed by atoms with Crippen LogP contribution in [-0.2, 0) is 22.9 Å². The second kappa shape index (κ2) is 6.36. The summed E-state index contributed by atoms with van der Waals surface area (Å²) in [5.41, 5.74) is 2.40. The van der Waals surface area contributed by atoms with Gasteiger partial charge in [0.15, 0.2) is 5.82 Å². The number of anilines is 1. The molecule has 0 bridgehead atoms. The molecule has 2 aliphatic rings. The molecule has 0 spiro atoms. The molecule has 24 heavy (non-hydrogen) atoms. The van der Waals surface area contributed by atoms with E-state index in [1.54, 1.807) is 16.4 Å². The molecule has 0 unspecified atom stereocenters. The van der Waals surface area contributed by atoms with Crippen molar-refractivity contribution in [2.75, 3.05) is 31.1 Å². The SMILES string of the molecule is O=S(=O)(c1ccc(Br)s1)N1CCN(c2cc3c(nn2)CCC3)CC1. The van der Waals surface area contributed by atoms with Gasteiger partial charge in [-0.1, -0.05) is 0 Å². The van der Waals surface area contributed by atoms with Crippen molar-refractivity contribution in [3.63, 3.8) is 0 Å². The third kappa shape index (κ3) is 2.98. The minimum absolute atomic E-state index is 0.389. The number of nitrogens with zero attached hydrogens (tertiary/aromatic N) is 4. The van der Waals surface area contributed by atoms with Crippen molar-refractivity contribution in [2.24, 2.45) is 0 Å². The predicted molar refractivity (Wildman–Crippen MR) is 97.0 cm³/mol. The van der Waals surface area contributed by atoms with Crippen molar-refractivity contribution in [3.05, 3.63) is 33.2 Å². The number of sulfonamides is 1. The lowest BCUT2D eigenvalue weighted by Gasteiger charge is -2.34. The molecule has 0 aromatic carbocycles. The highest BCUT2D eigenvalue weighted by Crippen LogP contribution is 2.29. The fourth-order valence-electron chi connectivity index (χ4n) is 3.19. The summed E-state index contributed by atoms with van der Waals surface area (Å²) in [6.45, 7) is 2.21. The van der Waals surface area contributed by atoms with Crippen molar-refractivity contribution in [1.82, 2.24) is 14.5 Å². The lowest BCUT2D eigenvalue weighted by molar-refractivity contribution is 0.384. The minimum atomic E-state index is -3.40. The zero-order valence-electron chi connectivity index (χ0n) is 13.0. The fraction of sp³-hybridized carbons (Fsp3) is 0.467. The Kier molecular flexibility index (Phi) is 4.36. The number of fused-ring (bicyclic) bond motifs is 1. The van der Waals surface area contributed by atoms with E-state index in [-0.39, 0.29) is 0 Å². The van der Waals surface area contributed by atoms with Gasteiger partial charge in [0.05, 0.1) is 9.48 Å². The lowest BCUT2D eigenvalue weighted by atomic mass is 10.2. The topological polar surface area (TPSA) is 66.4 Å². The molecular weight excluding hydrogens is 412 g/mol. The van der Waals surface area contributed by atoms with E-state index < -0.39 is 10.0 Å². The molecule has 2 aromatic heterocycles. The number of thiophene rings is 1. The Bertz CT molecular complexity index is 860. The first-order chi connectivity index (χ1) is 11.5. The van der Waals surface area contributed by atoms with Crippen LogP contribution in [0.1, 0.15) is 17.7 Å². The Morgan fingerprint density at radius 1 is 1.08 bits per heavy atom. The first-order valence-corrected chi connectivity index (χ1v) is 10.9. The predicted octanol–water partition coefficient (Wildman–Crippen LogP) is 2.30. The highest BCUT2D eigenvalue weighted by atomic mass is 79.9. The van der Waals surface area contributed by atoms with Gasteiger partial charge < -0.3 is 4.90 Å². The van der Waals surface area contributed by atoms with Crippen LogP contribution in [-0.4, -0.2) is 49.1 Å². The molecule has 0 N–H and O–H groups in total. The first-order valence-electron chi connectivity index (χ1n) is 7.90. The summed E-state index contributed by atoms with van der Waals surface area (Å²) in [6.07, 6.45) is 3.24. The van der Waals surface area contributed by atoms with Crippen LogP contribution in [0.25, 0.3) is 0 Å². The molecule has 1 aliphatic carbocycles. The quantitative estimate of drug-likeness (QED) is 0.749. The van der Waals surface area contributed by atoms with Gasteiger partial charge in [-0.2, -0.15) is 9.40 Å². The number of hydrogen-bond donors (Lipinski definition) is 0. The summed E-state index contributed by atoms with van der Waals surface area (Å²) in [5, 5.41) is 8.65. The molecular formula is C15H17BrN4O2S2. The second-order valence-corrected chi connectivity index (χ2v) is 10.6. The molecule has 1 saturated heterocycles. The van der Waals surface area contributed by atoms with Crippen LogP contribution in [0.4, 0.5) is 5.82 Å². The monoisotopic (exact) mass is 428 g/mol. The molecule has 0 amide bonds. The summed E-state index contributed by atoms with van der Waals surface area (Å²) < 4.78 is 28.1. The molecule has 0 radical (unpaired) electrons. The Morgan fingerprint density at radius 2 is 1.88 bits per heavy atom. The standard InChI is InChI=1S/C15H17BrN4O2S2/c16-13-4-5-15(23-13)24(21,22)20-8-6-19(7-9-20)14-10-11-2-1-3-12(11)17-18-14/h4-5,10H,1-3,6-9H2. The van der Waals surface area contributed by atoms with E-state index in [0.717, 1.165) is 34.6 Å². The number of rotatable bonds is 3. The van der Waals surface area contributed by atoms with Crippen LogP contribution < -0.4 is 4.90 Å². The van der Waals surface area contributed by atoms with Gasteiger partial charge in [0, 0.05) is 26.2 Å². The van der Waals surface area contributed by atoms with Crippen LogP contribution in [0.3, 0.4) is 0 Å². The Labute approximate surface area is 153 Å². The smallest absolute Gasteiger partial charge is 0.252 e. The molecule has 2 aromatic rings. The van der Waals surface area contributed by atoms with E-state index in [1.165, 1.54) is 16.9 Å². The van der Waals surface area contributed by atoms with E-state index in [2.05, 4.69) is 37.1 Å². The van der Waals surface area contributed by atoms with Crippen LogP contribution >= 0.6 is 27.3 Å². The third-order valence-electron chi connectivity index (χ3n) is 4.51. The van der Waals surface area contributed by atoms with E-state index in [9.17, 15) is 8.42 Å². The van der Waals surface area contributed by atoms with Crippen LogP contribution in [0.15, 0.2) is 26.2 Å². The van der Waals surface area contributed by atoms with E-state index in [4.69, 9.17) is 0 Å². The molecule has 0 atom stereocenters. The first kappa shape index (κ1) is 16.4. The lowest BCUT2D eigenvalue weighted by Crippen LogP contribution is -2.48. The van der Waals surface area contributed by atoms with Gasteiger partial charge in [-0.15, -0.1) is 16.4 Å². The van der Waals surface area contributed by atoms with Crippen molar-refractivity contribution >= 4 is 43.1 Å². The second-order valence-electron chi connectivity index (χ2n) is 5.98. The Hall–Kier alpha value is -1.03. The Morgan fingerprint density at radius 3 is 2.58 bits per heavy atom. The number of aromatic nitrogens is 2. The van der Waals surface area contributed by atoms with E-state index in [0.29, 0.717) is 30.4 Å². The number of aryl methyl sites for hydroxylation is 2. The van der Waals surface area contributed by atoms with Gasteiger partial charge in [-0.25, -0.2) is 8.42 Å². The molecule has 1 aliphatic heterocycles. The summed E-state index contributed by atoms with van der Waals surface area (Å²) >= 11 is 4.58. The molecule has 4 rings (SSSR count). The number of piperazine rings is 1. The summed E-state index contributed by atoms with van der Waals surface area (Å²) in [5.74, 6) is 0.867. The van der Waals surface area contributed by atoms with Crippen LogP contribution in [0.2, 0.25) is 0 Å². The average molecular weight is 429 g/mol. The van der Waals surface area contributed by atoms with Gasteiger partial charge in [0.25, 0.3) is 10.0 Å². The third-order valence-corrected chi connectivity index (χ3v) is 8.50. The molecule has 128 valence electrons. The van der Waals surface area contributed by atoms with Crippen molar-refractivity contribution in [1.29, 1.82) is 0 Å². The molecule has 1 fully saturated rings. The number of hydrogen-bond acceptors (Lipinski definition) is 6. The van der Waals surface area contributed by atoms with Crippen molar-refractivity contribution in [3.8, 4) is 0 Å². The molecule has 6 nitrogen and oxygen atoms in total. The van der Waals surface area contributed by atoms with Gasteiger partial charge >= 0.3 is 0 Å². The number of halogens is 1. The van der Waals surface area contributed by atoms with Gasteiger partial charge in [0.1, 0.15) is 4.21 Å².